The zero-order valence-electron chi connectivity index (χ0n) is 57.3. The monoisotopic (exact) mass is 1330 g/mol. The SMILES string of the molecule is CC1(C)c2ccccc2-c2ccc(-c3nc4cc5c(cc4n3-c3ccccc3)oc3cc4c(cc35)nc(-c3ccc5c(c3)C(C)(C)c3ccc(-c6ccc(-c7nc8cc9c(cc8n7-c7ccccc7)oc7cc8c(cc79)nc(-c7ccccc7)n8-c7ccccc7)cc6)cc3-5)n4-c3ccccc3)cc21. The molecule has 6 aromatic heterocycles. The molecule has 14 aromatic carbocycles. The lowest BCUT2D eigenvalue weighted by molar-refractivity contribution is 0.660. The fraction of sp³-hybridized carbons (Fsp3) is 0.0638. The zero-order valence-corrected chi connectivity index (χ0v) is 57.3. The van der Waals surface area contributed by atoms with E-state index >= 15 is 0 Å². The number of para-hydroxylation sites is 4. The molecule has 0 atom stereocenters. The van der Waals surface area contributed by atoms with Gasteiger partial charge in [0.15, 0.2) is 0 Å². The first-order valence-corrected chi connectivity index (χ1v) is 35.6. The van der Waals surface area contributed by atoms with E-state index in [4.69, 9.17) is 28.8 Å². The highest BCUT2D eigenvalue weighted by Gasteiger charge is 2.38. The molecule has 0 aliphatic heterocycles. The van der Waals surface area contributed by atoms with Crippen LogP contribution in [0.1, 0.15) is 49.9 Å². The van der Waals surface area contributed by atoms with Gasteiger partial charge in [-0.15, -0.1) is 0 Å². The molecule has 22 rings (SSSR count). The summed E-state index contributed by atoms with van der Waals surface area (Å²) in [5.41, 5.74) is 30.9. The summed E-state index contributed by atoms with van der Waals surface area (Å²) in [4.78, 5) is 21.8. The van der Waals surface area contributed by atoms with Crippen LogP contribution in [0.15, 0.2) is 312 Å². The van der Waals surface area contributed by atoms with Crippen LogP contribution in [-0.2, 0) is 10.8 Å². The Kier molecular flexibility index (Phi) is 12.1. The predicted molar refractivity (Wildman–Crippen MR) is 422 cm³/mol. The summed E-state index contributed by atoms with van der Waals surface area (Å²) in [5, 5.41) is 3.98. The molecule has 0 bridgehead atoms. The van der Waals surface area contributed by atoms with E-state index in [-0.39, 0.29) is 10.8 Å². The predicted octanol–water partition coefficient (Wildman–Crippen LogP) is 23.8. The molecular formula is C94H62N8O2. The Bertz CT molecular complexity index is 6990. The lowest BCUT2D eigenvalue weighted by Crippen LogP contribution is -2.15. The molecule has 2 aliphatic carbocycles. The highest BCUT2D eigenvalue weighted by molar-refractivity contribution is 6.15. The largest absolute Gasteiger partial charge is 0.456 e. The topological polar surface area (TPSA) is 97.6 Å². The summed E-state index contributed by atoms with van der Waals surface area (Å²) in [5.74, 6) is 3.48. The van der Waals surface area contributed by atoms with E-state index in [0.29, 0.717) is 0 Å². The van der Waals surface area contributed by atoms with Gasteiger partial charge in [0.25, 0.3) is 0 Å². The highest BCUT2D eigenvalue weighted by atomic mass is 16.3. The Labute approximate surface area is 597 Å². The van der Waals surface area contributed by atoms with Crippen LogP contribution in [0.25, 0.3) is 190 Å². The minimum absolute atomic E-state index is 0.152. The number of hydrogen-bond acceptors (Lipinski definition) is 6. The summed E-state index contributed by atoms with van der Waals surface area (Å²) >= 11 is 0. The molecule has 10 nitrogen and oxygen atoms in total. The van der Waals surface area contributed by atoms with Crippen LogP contribution in [0.2, 0.25) is 0 Å². The number of rotatable bonds is 9. The molecule has 0 radical (unpaired) electrons. The van der Waals surface area contributed by atoms with Crippen molar-refractivity contribution in [1.29, 1.82) is 0 Å². The van der Waals surface area contributed by atoms with Gasteiger partial charge in [-0.25, -0.2) is 19.9 Å². The number of nitrogens with zero attached hydrogens (tertiary/aromatic N) is 8. The Morgan fingerprint density at radius 2 is 0.529 bits per heavy atom. The molecule has 0 saturated heterocycles. The van der Waals surface area contributed by atoms with E-state index in [9.17, 15) is 0 Å². The third-order valence-electron chi connectivity index (χ3n) is 22.4. The van der Waals surface area contributed by atoms with Crippen LogP contribution in [-0.4, -0.2) is 38.2 Å². The number of aromatic nitrogens is 8. The second-order valence-corrected chi connectivity index (χ2v) is 29.0. The summed E-state index contributed by atoms with van der Waals surface area (Å²) in [7, 11) is 0. The molecule has 20 aromatic rings. The molecule has 10 heteroatoms. The number of benzene rings is 14. The van der Waals surface area contributed by atoms with Gasteiger partial charge in [0.05, 0.1) is 44.1 Å². The van der Waals surface area contributed by atoms with Gasteiger partial charge in [0.2, 0.25) is 0 Å². The van der Waals surface area contributed by atoms with Crippen LogP contribution in [0.4, 0.5) is 0 Å². The molecule has 0 amide bonds. The van der Waals surface area contributed by atoms with Gasteiger partial charge in [-0.3, -0.25) is 18.3 Å². The van der Waals surface area contributed by atoms with Crippen LogP contribution in [0, 0.1) is 0 Å². The Morgan fingerprint density at radius 1 is 0.231 bits per heavy atom. The van der Waals surface area contributed by atoms with E-state index in [0.717, 1.165) is 167 Å². The van der Waals surface area contributed by atoms with Crippen molar-refractivity contribution in [2.45, 2.75) is 38.5 Å². The van der Waals surface area contributed by atoms with Gasteiger partial charge in [-0.05, 0) is 147 Å². The maximum Gasteiger partial charge on any atom is 0.145 e. The van der Waals surface area contributed by atoms with Crippen LogP contribution >= 0.6 is 0 Å². The molecule has 0 N–H and O–H groups in total. The van der Waals surface area contributed by atoms with E-state index < -0.39 is 0 Å². The third kappa shape index (κ3) is 8.50. The van der Waals surface area contributed by atoms with Gasteiger partial charge in [0.1, 0.15) is 45.6 Å². The third-order valence-corrected chi connectivity index (χ3v) is 22.4. The fourth-order valence-electron chi connectivity index (χ4n) is 17.3. The molecule has 2 aliphatic rings. The lowest BCUT2D eigenvalue weighted by Gasteiger charge is -2.22. The second kappa shape index (κ2) is 21.5. The molecule has 6 heterocycles. The highest BCUT2D eigenvalue weighted by Crippen LogP contribution is 2.53. The first-order chi connectivity index (χ1) is 51.0. The fourth-order valence-corrected chi connectivity index (χ4v) is 17.3. The van der Waals surface area contributed by atoms with Gasteiger partial charge >= 0.3 is 0 Å². The number of furan rings is 2. The average molecular weight is 1340 g/mol. The normalized spacial score (nSPS) is 13.5. The minimum atomic E-state index is -0.291. The lowest BCUT2D eigenvalue weighted by atomic mass is 9.81. The zero-order chi connectivity index (χ0) is 68.8. The number of imidazole rings is 4. The van der Waals surface area contributed by atoms with E-state index in [2.05, 4.69) is 337 Å². The van der Waals surface area contributed by atoms with Crippen molar-refractivity contribution in [1.82, 2.24) is 38.2 Å². The number of fused-ring (bicyclic) bond motifs is 16. The van der Waals surface area contributed by atoms with Crippen molar-refractivity contribution in [3.63, 3.8) is 0 Å². The van der Waals surface area contributed by atoms with Crippen molar-refractivity contribution < 1.29 is 8.83 Å². The minimum Gasteiger partial charge on any atom is -0.456 e. The van der Waals surface area contributed by atoms with Crippen LogP contribution in [0.3, 0.4) is 0 Å². The molecule has 490 valence electrons. The first kappa shape index (κ1) is 58.4. The van der Waals surface area contributed by atoms with Crippen molar-refractivity contribution in [2.75, 3.05) is 0 Å². The maximum absolute atomic E-state index is 6.99. The van der Waals surface area contributed by atoms with Crippen molar-refractivity contribution >= 4 is 88.0 Å². The van der Waals surface area contributed by atoms with Gasteiger partial charge in [0, 0.05) is 102 Å². The van der Waals surface area contributed by atoms with Gasteiger partial charge < -0.3 is 8.83 Å². The smallest absolute Gasteiger partial charge is 0.145 e. The second-order valence-electron chi connectivity index (χ2n) is 29.0. The van der Waals surface area contributed by atoms with E-state index in [1.807, 2.05) is 12.1 Å². The van der Waals surface area contributed by atoms with E-state index in [1.165, 1.54) is 44.5 Å². The molecule has 0 fully saturated rings. The van der Waals surface area contributed by atoms with Crippen molar-refractivity contribution in [3.8, 4) is 102 Å². The van der Waals surface area contributed by atoms with Crippen molar-refractivity contribution in [3.05, 3.63) is 326 Å². The summed E-state index contributed by atoms with van der Waals surface area (Å²) < 4.78 is 22.9. The van der Waals surface area contributed by atoms with Crippen molar-refractivity contribution in [2.24, 2.45) is 0 Å². The first-order valence-electron chi connectivity index (χ1n) is 35.6. The summed E-state index contributed by atoms with van der Waals surface area (Å²) in [6, 6.07) is 108. The molecule has 0 unspecified atom stereocenters. The quantitative estimate of drug-likeness (QED) is 0.143. The van der Waals surface area contributed by atoms with Crippen LogP contribution in [0.5, 0.6) is 0 Å². The molecule has 104 heavy (non-hydrogen) atoms. The Hall–Kier alpha value is -13.4. The Morgan fingerprint density at radius 3 is 0.933 bits per heavy atom. The standard InChI is InChI=1S/C94H62N8O2/c1-93(2)73-33-21-20-32-65(73)66-41-38-59(45-75(66)93)91-97-79-49-71-72-50-80-84(54-88(72)104-87(71)53-83(79)101(91)63-28-16-8-17-29-63)102(64-30-18-9-19-31-64)92(98-80)60-39-42-67-68-44-58(40-43-74(68)94(3,4)76(67)46-60)55-34-36-57(37-35-55)90-96-78-48-70-69-47-77-81(51-85(69)103-86(70)52-82(78)100(90)62-26-14-7-15-27-62)99(61-24-12-6-13-25-61)89(95-77)56-22-10-5-11-23-56/h5-54H,1-4H3. The average Bonchev–Trinajstić information content (AvgIpc) is 1.57. The van der Waals surface area contributed by atoms with Crippen LogP contribution < -0.4 is 0 Å². The molecule has 0 spiro atoms. The van der Waals surface area contributed by atoms with Gasteiger partial charge in [-0.1, -0.05) is 216 Å². The van der Waals surface area contributed by atoms with E-state index in [1.54, 1.807) is 0 Å². The summed E-state index contributed by atoms with van der Waals surface area (Å²) in [6.07, 6.45) is 0. The summed E-state index contributed by atoms with van der Waals surface area (Å²) in [6.45, 7) is 9.36. The molecular weight excluding hydrogens is 1270 g/mol. The maximum atomic E-state index is 6.99. The number of hydrogen-bond donors (Lipinski definition) is 0. The molecule has 0 saturated carbocycles. The Balaban J connectivity index is 0.610. The van der Waals surface area contributed by atoms with Gasteiger partial charge in [-0.2, -0.15) is 0 Å².